The highest BCUT2D eigenvalue weighted by molar-refractivity contribution is 5.72. The van der Waals surface area contributed by atoms with Gasteiger partial charge in [0.25, 0.3) is 0 Å². The van der Waals surface area contributed by atoms with Gasteiger partial charge in [-0.25, -0.2) is 9.78 Å². The molecule has 2 aromatic carbocycles. The van der Waals surface area contributed by atoms with E-state index in [-0.39, 0.29) is 31.0 Å². The first-order valence-corrected chi connectivity index (χ1v) is 12.9. The number of aromatic nitrogens is 1. The van der Waals surface area contributed by atoms with Crippen molar-refractivity contribution >= 4 is 5.97 Å². The second kappa shape index (κ2) is 12.8. The molecule has 1 fully saturated rings. The molecule has 1 saturated carbocycles. The molecule has 0 saturated heterocycles. The largest absolute Gasteiger partial charge is 0.479 e. The molecule has 1 aliphatic carbocycles. The van der Waals surface area contributed by atoms with E-state index >= 15 is 0 Å². The summed E-state index contributed by atoms with van der Waals surface area (Å²) < 4.78 is 62.8. The molecule has 3 atom stereocenters. The van der Waals surface area contributed by atoms with Gasteiger partial charge >= 0.3 is 12.1 Å². The Morgan fingerprint density at radius 1 is 1.08 bits per heavy atom. The van der Waals surface area contributed by atoms with Crippen molar-refractivity contribution in [2.24, 2.45) is 0 Å². The SMILES string of the molecule is Cc1cccc(-c2nc(COC3CCCC(OCC(OCc4ccccc4C(F)(F)F)C(=O)O)C3)c(C)o2)c1. The van der Waals surface area contributed by atoms with Crippen LogP contribution in [0.3, 0.4) is 0 Å². The van der Waals surface area contributed by atoms with Gasteiger partial charge in [0.1, 0.15) is 11.5 Å². The molecule has 0 amide bonds. The summed E-state index contributed by atoms with van der Waals surface area (Å²) in [5, 5.41) is 9.53. The van der Waals surface area contributed by atoms with E-state index in [0.717, 1.165) is 36.5 Å². The second-order valence-electron chi connectivity index (χ2n) is 9.74. The number of halogens is 3. The molecular weight excluding hydrogens is 515 g/mol. The first-order valence-electron chi connectivity index (χ1n) is 12.9. The Morgan fingerprint density at radius 3 is 2.54 bits per heavy atom. The van der Waals surface area contributed by atoms with Crippen molar-refractivity contribution in [3.05, 3.63) is 76.7 Å². The van der Waals surface area contributed by atoms with Crippen LogP contribution in [-0.4, -0.2) is 41.0 Å². The molecule has 0 aliphatic heterocycles. The molecule has 7 nitrogen and oxygen atoms in total. The van der Waals surface area contributed by atoms with Crippen LogP contribution in [0, 0.1) is 13.8 Å². The first-order chi connectivity index (χ1) is 18.6. The fourth-order valence-corrected chi connectivity index (χ4v) is 4.59. The maximum Gasteiger partial charge on any atom is 0.416 e. The van der Waals surface area contributed by atoms with Crippen LogP contribution < -0.4 is 0 Å². The number of ether oxygens (including phenoxy) is 3. The molecule has 0 spiro atoms. The zero-order valence-electron chi connectivity index (χ0n) is 21.9. The molecule has 210 valence electrons. The molecule has 3 unspecified atom stereocenters. The summed E-state index contributed by atoms with van der Waals surface area (Å²) in [4.78, 5) is 16.3. The van der Waals surface area contributed by atoms with Gasteiger partial charge in [-0.3, -0.25) is 0 Å². The van der Waals surface area contributed by atoms with Crippen LogP contribution in [-0.2, 0) is 38.4 Å². The fourth-order valence-electron chi connectivity index (χ4n) is 4.59. The average Bonchev–Trinajstić information content (AvgIpc) is 3.27. The summed E-state index contributed by atoms with van der Waals surface area (Å²) in [6.45, 7) is 3.36. The summed E-state index contributed by atoms with van der Waals surface area (Å²) in [6.07, 6.45) is -3.37. The molecule has 1 aliphatic rings. The predicted molar refractivity (Wildman–Crippen MR) is 136 cm³/mol. The standard InChI is InChI=1S/C29H32F3NO6/c1-18-7-5-9-20(13-18)27-33-25(19(2)39-27)16-36-22-10-6-11-23(14-22)37-17-26(28(34)35)38-15-21-8-3-4-12-24(21)29(30,31)32/h3-5,7-9,12-13,22-23,26H,6,10-11,14-17H2,1-2H3,(H,34,35). The van der Waals surface area contributed by atoms with E-state index in [0.29, 0.717) is 23.8 Å². The summed E-state index contributed by atoms with van der Waals surface area (Å²) in [6, 6.07) is 12.8. The molecule has 1 heterocycles. The number of rotatable bonds is 11. The van der Waals surface area contributed by atoms with Crippen LogP contribution in [0.15, 0.2) is 52.9 Å². The third-order valence-electron chi connectivity index (χ3n) is 6.71. The number of nitrogens with zero attached hydrogens (tertiary/aromatic N) is 1. The number of hydrogen-bond donors (Lipinski definition) is 1. The third-order valence-corrected chi connectivity index (χ3v) is 6.71. The molecule has 0 bridgehead atoms. The van der Waals surface area contributed by atoms with Crippen LogP contribution in [0.5, 0.6) is 0 Å². The van der Waals surface area contributed by atoms with Crippen molar-refractivity contribution in [3.8, 4) is 11.5 Å². The van der Waals surface area contributed by atoms with Crippen LogP contribution in [0.4, 0.5) is 13.2 Å². The van der Waals surface area contributed by atoms with Crippen molar-refractivity contribution in [2.75, 3.05) is 6.61 Å². The Bertz CT molecular complexity index is 1260. The van der Waals surface area contributed by atoms with Gasteiger partial charge in [0, 0.05) is 5.56 Å². The lowest BCUT2D eigenvalue weighted by Crippen LogP contribution is -2.34. The van der Waals surface area contributed by atoms with Crippen LogP contribution in [0.2, 0.25) is 0 Å². The lowest BCUT2D eigenvalue weighted by Gasteiger charge is -2.30. The molecule has 0 radical (unpaired) electrons. The number of carbonyl (C=O) groups is 1. The molecule has 4 rings (SSSR count). The van der Waals surface area contributed by atoms with Crippen LogP contribution in [0.25, 0.3) is 11.5 Å². The Balaban J connectivity index is 1.28. The molecule has 39 heavy (non-hydrogen) atoms. The lowest BCUT2D eigenvalue weighted by molar-refractivity contribution is -0.159. The van der Waals surface area contributed by atoms with Gasteiger partial charge in [0.05, 0.1) is 37.6 Å². The third kappa shape index (κ3) is 7.90. The van der Waals surface area contributed by atoms with E-state index < -0.39 is 30.4 Å². The van der Waals surface area contributed by atoms with Crippen molar-refractivity contribution in [1.82, 2.24) is 4.98 Å². The zero-order valence-corrected chi connectivity index (χ0v) is 21.9. The van der Waals surface area contributed by atoms with Gasteiger partial charge in [-0.05, 0) is 63.3 Å². The Labute approximate surface area is 224 Å². The van der Waals surface area contributed by atoms with E-state index in [4.69, 9.17) is 18.6 Å². The topological polar surface area (TPSA) is 91.0 Å². The number of aliphatic carboxylic acids is 1. The maximum absolute atomic E-state index is 13.2. The van der Waals surface area contributed by atoms with E-state index in [9.17, 15) is 23.1 Å². The summed E-state index contributed by atoms with van der Waals surface area (Å²) in [5.74, 6) is -0.0742. The lowest BCUT2D eigenvalue weighted by atomic mass is 9.95. The fraction of sp³-hybridized carbons (Fsp3) is 0.448. The Morgan fingerprint density at radius 2 is 1.82 bits per heavy atom. The highest BCUT2D eigenvalue weighted by Crippen LogP contribution is 2.32. The average molecular weight is 548 g/mol. The van der Waals surface area contributed by atoms with Gasteiger partial charge in [0.15, 0.2) is 6.10 Å². The van der Waals surface area contributed by atoms with E-state index in [1.54, 1.807) is 0 Å². The van der Waals surface area contributed by atoms with Crippen molar-refractivity contribution in [1.29, 1.82) is 0 Å². The number of carboxylic acid groups (broad SMARTS) is 1. The Hall–Kier alpha value is -3.21. The summed E-state index contributed by atoms with van der Waals surface area (Å²) >= 11 is 0. The second-order valence-corrected chi connectivity index (χ2v) is 9.74. The van der Waals surface area contributed by atoms with Crippen molar-refractivity contribution < 1.29 is 41.7 Å². The van der Waals surface area contributed by atoms with E-state index in [2.05, 4.69) is 4.98 Å². The highest BCUT2D eigenvalue weighted by atomic mass is 19.4. The molecule has 10 heteroatoms. The number of hydrogen-bond acceptors (Lipinski definition) is 6. The van der Waals surface area contributed by atoms with Crippen LogP contribution in [0.1, 0.15) is 53.8 Å². The molecular formula is C29H32F3NO6. The van der Waals surface area contributed by atoms with Crippen LogP contribution >= 0.6 is 0 Å². The summed E-state index contributed by atoms with van der Waals surface area (Å²) in [7, 11) is 0. The molecule has 1 aromatic heterocycles. The van der Waals surface area contributed by atoms with Gasteiger partial charge < -0.3 is 23.7 Å². The maximum atomic E-state index is 13.2. The number of aryl methyl sites for hydroxylation is 2. The monoisotopic (exact) mass is 547 g/mol. The Kier molecular flexibility index (Phi) is 9.42. The minimum absolute atomic E-state index is 0.106. The minimum atomic E-state index is -4.56. The highest BCUT2D eigenvalue weighted by Gasteiger charge is 2.33. The molecule has 3 aromatic rings. The number of oxazole rings is 1. The van der Waals surface area contributed by atoms with Gasteiger partial charge in [-0.15, -0.1) is 0 Å². The normalized spacial score (nSPS) is 18.7. The number of alkyl halides is 3. The van der Waals surface area contributed by atoms with Gasteiger partial charge in [-0.2, -0.15) is 13.2 Å². The first kappa shape index (κ1) is 28.8. The number of benzene rings is 2. The number of carboxylic acids is 1. The zero-order chi connectivity index (χ0) is 28.0. The molecule has 1 N–H and O–H groups in total. The van der Waals surface area contributed by atoms with E-state index in [1.807, 2.05) is 38.1 Å². The van der Waals surface area contributed by atoms with Crippen molar-refractivity contribution in [2.45, 2.75) is 77.2 Å². The van der Waals surface area contributed by atoms with Gasteiger partial charge in [0.2, 0.25) is 5.89 Å². The minimum Gasteiger partial charge on any atom is -0.479 e. The van der Waals surface area contributed by atoms with Crippen molar-refractivity contribution in [3.63, 3.8) is 0 Å². The summed E-state index contributed by atoms with van der Waals surface area (Å²) in [5.41, 5.74) is 1.74. The smallest absolute Gasteiger partial charge is 0.416 e. The van der Waals surface area contributed by atoms with E-state index in [1.165, 1.54) is 18.2 Å². The van der Waals surface area contributed by atoms with Gasteiger partial charge in [-0.1, -0.05) is 35.9 Å². The quantitative estimate of drug-likeness (QED) is 0.293. The predicted octanol–water partition coefficient (Wildman–Crippen LogP) is 6.49.